The SMILES string of the molecule is CCCCCCCc1ccc(Nc2ccccc2CCCCCCC)cc1CCCCCCC. The number of hydrogen-bond donors (Lipinski definition) is 1. The monoisotopic (exact) mass is 463 g/mol. The molecule has 0 spiro atoms. The summed E-state index contributed by atoms with van der Waals surface area (Å²) in [6, 6.07) is 16.1. The van der Waals surface area contributed by atoms with Gasteiger partial charge in [-0.2, -0.15) is 0 Å². The molecule has 1 nitrogen and oxygen atoms in total. The highest BCUT2D eigenvalue weighted by Crippen LogP contribution is 2.26. The molecule has 0 heterocycles. The van der Waals surface area contributed by atoms with E-state index in [2.05, 4.69) is 68.6 Å². The Kier molecular flexibility index (Phi) is 15.5. The molecule has 0 saturated heterocycles. The zero-order valence-electron chi connectivity index (χ0n) is 22.8. The summed E-state index contributed by atoms with van der Waals surface area (Å²) in [7, 11) is 0. The first-order chi connectivity index (χ1) is 16.8. The van der Waals surface area contributed by atoms with Crippen molar-refractivity contribution in [2.75, 3.05) is 5.32 Å². The summed E-state index contributed by atoms with van der Waals surface area (Å²) < 4.78 is 0. The maximum Gasteiger partial charge on any atom is 0.0416 e. The Balaban J connectivity index is 2.02. The van der Waals surface area contributed by atoms with Gasteiger partial charge < -0.3 is 5.32 Å². The lowest BCUT2D eigenvalue weighted by Crippen LogP contribution is -2.00. The van der Waals surface area contributed by atoms with Crippen LogP contribution in [0.5, 0.6) is 0 Å². The third-order valence-electron chi connectivity index (χ3n) is 7.15. The Morgan fingerprint density at radius 2 is 0.971 bits per heavy atom. The van der Waals surface area contributed by atoms with Crippen molar-refractivity contribution >= 4 is 11.4 Å². The zero-order valence-corrected chi connectivity index (χ0v) is 22.8. The van der Waals surface area contributed by atoms with Crippen molar-refractivity contribution in [3.63, 3.8) is 0 Å². The van der Waals surface area contributed by atoms with Gasteiger partial charge in [-0.15, -0.1) is 0 Å². The average molecular weight is 464 g/mol. The molecular formula is C33H53N. The molecule has 0 amide bonds. The van der Waals surface area contributed by atoms with Crippen LogP contribution in [0.15, 0.2) is 42.5 Å². The van der Waals surface area contributed by atoms with Crippen LogP contribution in [-0.2, 0) is 19.3 Å². The van der Waals surface area contributed by atoms with E-state index in [-0.39, 0.29) is 0 Å². The lowest BCUT2D eigenvalue weighted by molar-refractivity contribution is 0.621. The van der Waals surface area contributed by atoms with Gasteiger partial charge in [-0.3, -0.25) is 0 Å². The summed E-state index contributed by atoms with van der Waals surface area (Å²) in [4.78, 5) is 0. The van der Waals surface area contributed by atoms with Crippen LogP contribution >= 0.6 is 0 Å². The van der Waals surface area contributed by atoms with E-state index in [0.717, 1.165) is 0 Å². The molecule has 0 aliphatic rings. The number of para-hydroxylation sites is 1. The van der Waals surface area contributed by atoms with E-state index in [0.29, 0.717) is 0 Å². The van der Waals surface area contributed by atoms with Crippen LogP contribution in [0.2, 0.25) is 0 Å². The highest BCUT2D eigenvalue weighted by Gasteiger charge is 2.08. The van der Waals surface area contributed by atoms with E-state index < -0.39 is 0 Å². The molecule has 2 aromatic rings. The molecule has 0 bridgehead atoms. The van der Waals surface area contributed by atoms with Gasteiger partial charge in [0.05, 0.1) is 0 Å². The van der Waals surface area contributed by atoms with Crippen LogP contribution < -0.4 is 5.32 Å². The maximum absolute atomic E-state index is 3.79. The molecule has 190 valence electrons. The first-order valence-corrected chi connectivity index (χ1v) is 14.7. The lowest BCUT2D eigenvalue weighted by Gasteiger charge is -2.16. The van der Waals surface area contributed by atoms with Crippen molar-refractivity contribution in [1.82, 2.24) is 0 Å². The summed E-state index contributed by atoms with van der Waals surface area (Å²) in [5.74, 6) is 0. The Labute approximate surface area is 212 Å². The van der Waals surface area contributed by atoms with Crippen LogP contribution in [0, 0.1) is 0 Å². The molecule has 34 heavy (non-hydrogen) atoms. The number of hydrogen-bond acceptors (Lipinski definition) is 1. The first-order valence-electron chi connectivity index (χ1n) is 14.7. The van der Waals surface area contributed by atoms with Gasteiger partial charge in [0.2, 0.25) is 0 Å². The number of anilines is 2. The molecule has 2 aromatic carbocycles. The quantitative estimate of drug-likeness (QED) is 0.192. The molecule has 0 aromatic heterocycles. The van der Waals surface area contributed by atoms with Crippen LogP contribution in [0.3, 0.4) is 0 Å². The van der Waals surface area contributed by atoms with E-state index in [1.54, 1.807) is 11.1 Å². The Bertz CT molecular complexity index is 763. The summed E-state index contributed by atoms with van der Waals surface area (Å²) >= 11 is 0. The highest BCUT2D eigenvalue weighted by atomic mass is 14.9. The summed E-state index contributed by atoms with van der Waals surface area (Å²) in [6.07, 6.45) is 23.9. The molecule has 0 unspecified atom stereocenters. The number of aryl methyl sites for hydroxylation is 3. The third kappa shape index (κ3) is 11.6. The Hall–Kier alpha value is -1.76. The van der Waals surface area contributed by atoms with Gasteiger partial charge in [0.15, 0.2) is 0 Å². The second-order valence-corrected chi connectivity index (χ2v) is 10.3. The van der Waals surface area contributed by atoms with Crippen LogP contribution in [0.1, 0.15) is 134 Å². The molecule has 1 heteroatoms. The zero-order chi connectivity index (χ0) is 24.3. The average Bonchev–Trinajstić information content (AvgIpc) is 2.85. The van der Waals surface area contributed by atoms with Crippen LogP contribution in [0.4, 0.5) is 11.4 Å². The second-order valence-electron chi connectivity index (χ2n) is 10.3. The molecule has 0 aliphatic heterocycles. The van der Waals surface area contributed by atoms with Crippen molar-refractivity contribution in [2.45, 2.75) is 136 Å². The second kappa shape index (κ2) is 18.6. The minimum absolute atomic E-state index is 1.17. The fraction of sp³-hybridized carbons (Fsp3) is 0.636. The first kappa shape index (κ1) is 28.5. The fourth-order valence-electron chi connectivity index (χ4n) is 4.95. The topological polar surface area (TPSA) is 12.0 Å². The molecule has 1 N–H and O–H groups in total. The van der Waals surface area contributed by atoms with Crippen molar-refractivity contribution in [3.05, 3.63) is 59.2 Å². The molecular weight excluding hydrogens is 410 g/mol. The highest BCUT2D eigenvalue weighted by molar-refractivity contribution is 5.64. The predicted molar refractivity (Wildman–Crippen MR) is 154 cm³/mol. The molecule has 0 fully saturated rings. The largest absolute Gasteiger partial charge is 0.355 e. The lowest BCUT2D eigenvalue weighted by atomic mass is 9.95. The van der Waals surface area contributed by atoms with Crippen molar-refractivity contribution in [2.24, 2.45) is 0 Å². The minimum Gasteiger partial charge on any atom is -0.355 e. The Morgan fingerprint density at radius 1 is 0.471 bits per heavy atom. The van der Waals surface area contributed by atoms with Gasteiger partial charge in [0, 0.05) is 11.4 Å². The summed E-state index contributed by atoms with van der Waals surface area (Å²) in [5, 5.41) is 3.79. The van der Waals surface area contributed by atoms with E-state index in [4.69, 9.17) is 0 Å². The van der Waals surface area contributed by atoms with E-state index in [1.807, 2.05) is 0 Å². The number of benzene rings is 2. The number of nitrogens with one attached hydrogen (secondary N) is 1. The Morgan fingerprint density at radius 3 is 1.56 bits per heavy atom. The van der Waals surface area contributed by atoms with E-state index >= 15 is 0 Å². The van der Waals surface area contributed by atoms with Gasteiger partial charge >= 0.3 is 0 Å². The van der Waals surface area contributed by atoms with E-state index in [9.17, 15) is 0 Å². The standard InChI is InChI=1S/C33H53N/c1-4-7-10-13-16-21-29-26-27-32(28-31(29)24-18-15-12-9-6-3)34-33-25-20-19-23-30(33)22-17-14-11-8-5-2/h19-20,23,25-28,34H,4-18,21-22,24H2,1-3H3. The number of rotatable bonds is 20. The molecule has 2 rings (SSSR count). The van der Waals surface area contributed by atoms with Crippen molar-refractivity contribution < 1.29 is 0 Å². The van der Waals surface area contributed by atoms with Crippen LogP contribution in [0.25, 0.3) is 0 Å². The van der Waals surface area contributed by atoms with Gasteiger partial charge in [-0.1, -0.05) is 122 Å². The number of unbranched alkanes of at least 4 members (excludes halogenated alkanes) is 12. The van der Waals surface area contributed by atoms with Crippen LogP contribution in [-0.4, -0.2) is 0 Å². The summed E-state index contributed by atoms with van der Waals surface area (Å²) in [6.45, 7) is 6.89. The minimum atomic E-state index is 1.17. The molecule has 0 atom stereocenters. The molecule has 0 aliphatic carbocycles. The fourth-order valence-corrected chi connectivity index (χ4v) is 4.95. The normalized spacial score (nSPS) is 11.1. The maximum atomic E-state index is 3.79. The van der Waals surface area contributed by atoms with Gasteiger partial charge in [0.1, 0.15) is 0 Å². The molecule has 0 saturated carbocycles. The van der Waals surface area contributed by atoms with Gasteiger partial charge in [-0.25, -0.2) is 0 Å². The van der Waals surface area contributed by atoms with E-state index in [1.165, 1.54) is 133 Å². The van der Waals surface area contributed by atoms with Gasteiger partial charge in [-0.05, 0) is 73.4 Å². The van der Waals surface area contributed by atoms with Crippen molar-refractivity contribution in [1.29, 1.82) is 0 Å². The third-order valence-corrected chi connectivity index (χ3v) is 7.15. The van der Waals surface area contributed by atoms with Crippen molar-refractivity contribution in [3.8, 4) is 0 Å². The smallest absolute Gasteiger partial charge is 0.0416 e. The summed E-state index contributed by atoms with van der Waals surface area (Å²) in [5.41, 5.74) is 7.17. The predicted octanol–water partition coefficient (Wildman–Crippen LogP) is 11.0. The molecule has 0 radical (unpaired) electrons. The van der Waals surface area contributed by atoms with Gasteiger partial charge in [0.25, 0.3) is 0 Å².